The van der Waals surface area contributed by atoms with Crippen LogP contribution in [0.5, 0.6) is 11.6 Å². The van der Waals surface area contributed by atoms with Crippen LogP contribution in [0, 0.1) is 6.92 Å². The Morgan fingerprint density at radius 1 is 1.14 bits per heavy atom. The molecule has 1 aliphatic heterocycles. The Morgan fingerprint density at radius 2 is 1.95 bits per heavy atom. The quantitative estimate of drug-likeness (QED) is 0.913. The molecule has 3 nitrogen and oxygen atoms in total. The van der Waals surface area contributed by atoms with Gasteiger partial charge in [0.15, 0.2) is 0 Å². The average Bonchev–Trinajstić information content (AvgIpc) is 2.49. The molecule has 3 rings (SSSR count). The zero-order chi connectivity index (χ0) is 14.5. The van der Waals surface area contributed by atoms with Crippen LogP contribution in [0.1, 0.15) is 24.0 Å². The molecule has 116 valence electrons. The first kappa shape index (κ1) is 16.5. The van der Waals surface area contributed by atoms with E-state index in [9.17, 15) is 0 Å². The first-order valence-corrected chi connectivity index (χ1v) is 7.40. The Bertz CT molecular complexity index is 647. The number of pyridine rings is 1. The molecule has 4 heteroatoms. The number of rotatable bonds is 3. The summed E-state index contributed by atoms with van der Waals surface area (Å²) in [5.74, 6) is 1.47. The van der Waals surface area contributed by atoms with E-state index in [-0.39, 0.29) is 12.4 Å². The third-order valence-corrected chi connectivity index (χ3v) is 3.59. The molecule has 1 saturated heterocycles. The normalized spacial score (nSPS) is 14.1. The minimum Gasteiger partial charge on any atom is -0.439 e. The molecule has 0 aliphatic carbocycles. The van der Waals surface area contributed by atoms with Gasteiger partial charge in [-0.2, -0.15) is 0 Å². The van der Waals surface area contributed by atoms with Crippen LogP contribution >= 0.6 is 12.4 Å². The zero-order valence-corrected chi connectivity index (χ0v) is 13.5. The fraction of sp³-hybridized carbons (Fsp3) is 0.278. The molecule has 0 atom stereocenters. The lowest BCUT2D eigenvalue weighted by Gasteiger charge is -2.15. The summed E-state index contributed by atoms with van der Waals surface area (Å²) in [6.07, 6.45) is 6.30. The maximum Gasteiger partial charge on any atom is 0.219 e. The van der Waals surface area contributed by atoms with E-state index in [2.05, 4.69) is 28.5 Å². The van der Waals surface area contributed by atoms with Crippen molar-refractivity contribution in [2.45, 2.75) is 19.8 Å². The van der Waals surface area contributed by atoms with Crippen molar-refractivity contribution in [2.24, 2.45) is 0 Å². The van der Waals surface area contributed by atoms with E-state index in [1.165, 1.54) is 11.1 Å². The lowest BCUT2D eigenvalue weighted by Crippen LogP contribution is -2.22. The lowest BCUT2D eigenvalue weighted by atomic mass is 10.0. The molecule has 1 fully saturated rings. The molecule has 2 heterocycles. The number of hydrogen-bond acceptors (Lipinski definition) is 3. The van der Waals surface area contributed by atoms with Gasteiger partial charge < -0.3 is 10.1 Å². The number of ether oxygens (including phenoxy) is 1. The summed E-state index contributed by atoms with van der Waals surface area (Å²) in [6.45, 7) is 4.19. The van der Waals surface area contributed by atoms with E-state index in [1.807, 2.05) is 31.2 Å². The third-order valence-electron chi connectivity index (χ3n) is 3.59. The Kier molecular flexibility index (Phi) is 5.99. The fourth-order valence-corrected chi connectivity index (χ4v) is 2.48. The van der Waals surface area contributed by atoms with Gasteiger partial charge in [-0.1, -0.05) is 23.8 Å². The molecule has 2 aromatic rings. The summed E-state index contributed by atoms with van der Waals surface area (Å²) >= 11 is 0. The molecule has 0 saturated carbocycles. The van der Waals surface area contributed by atoms with Crippen molar-refractivity contribution >= 4 is 18.5 Å². The largest absolute Gasteiger partial charge is 0.439 e. The van der Waals surface area contributed by atoms with Gasteiger partial charge in [-0.3, -0.25) is 0 Å². The predicted octanol–water partition coefficient (Wildman–Crippen LogP) is 4.37. The van der Waals surface area contributed by atoms with Crippen LogP contribution in [0.25, 0.3) is 6.08 Å². The van der Waals surface area contributed by atoms with E-state index < -0.39 is 0 Å². The van der Waals surface area contributed by atoms with Crippen LogP contribution < -0.4 is 10.1 Å². The number of hydrogen-bond donors (Lipinski definition) is 1. The van der Waals surface area contributed by atoms with Gasteiger partial charge in [-0.05, 0) is 62.2 Å². The number of halogens is 1. The zero-order valence-electron chi connectivity index (χ0n) is 12.7. The van der Waals surface area contributed by atoms with Gasteiger partial charge in [0, 0.05) is 12.3 Å². The lowest BCUT2D eigenvalue weighted by molar-refractivity contribution is 0.462. The summed E-state index contributed by atoms with van der Waals surface area (Å²) in [5.41, 5.74) is 3.84. The van der Waals surface area contributed by atoms with Crippen LogP contribution in [0.4, 0.5) is 0 Å². The molecule has 0 radical (unpaired) electrons. The summed E-state index contributed by atoms with van der Waals surface area (Å²) in [5, 5.41) is 3.38. The molecular weight excluding hydrogens is 296 g/mol. The molecule has 22 heavy (non-hydrogen) atoms. The number of piperidine rings is 1. The van der Waals surface area contributed by atoms with Crippen molar-refractivity contribution in [1.29, 1.82) is 0 Å². The minimum absolute atomic E-state index is 0. The number of aromatic nitrogens is 1. The van der Waals surface area contributed by atoms with E-state index >= 15 is 0 Å². The standard InChI is InChI=1S/C18H20N2O.ClH/c1-14-5-10-20-18(11-14)21-17-4-2-3-16(13-17)12-15-6-8-19-9-7-15;/h2-5,10-13,19H,6-9H2,1H3;1H. The van der Waals surface area contributed by atoms with Crippen molar-refractivity contribution in [3.05, 3.63) is 59.3 Å². The van der Waals surface area contributed by atoms with Gasteiger partial charge in [0.1, 0.15) is 5.75 Å². The molecule has 1 aromatic heterocycles. The van der Waals surface area contributed by atoms with Crippen LogP contribution in [0.3, 0.4) is 0 Å². The number of aryl methyl sites for hydroxylation is 1. The van der Waals surface area contributed by atoms with E-state index in [4.69, 9.17) is 4.74 Å². The highest BCUT2D eigenvalue weighted by Gasteiger charge is 2.05. The highest BCUT2D eigenvalue weighted by atomic mass is 35.5. The first-order valence-electron chi connectivity index (χ1n) is 7.40. The van der Waals surface area contributed by atoms with Crippen LogP contribution in [-0.4, -0.2) is 18.1 Å². The summed E-state index contributed by atoms with van der Waals surface area (Å²) < 4.78 is 5.84. The second-order valence-corrected chi connectivity index (χ2v) is 5.40. The van der Waals surface area contributed by atoms with Gasteiger partial charge in [0.25, 0.3) is 0 Å². The van der Waals surface area contributed by atoms with E-state index in [1.54, 1.807) is 6.20 Å². The molecule has 0 amide bonds. The molecule has 1 aromatic carbocycles. The van der Waals surface area contributed by atoms with E-state index in [0.717, 1.165) is 37.2 Å². The smallest absolute Gasteiger partial charge is 0.219 e. The predicted molar refractivity (Wildman–Crippen MR) is 92.8 cm³/mol. The van der Waals surface area contributed by atoms with Crippen molar-refractivity contribution in [2.75, 3.05) is 13.1 Å². The highest BCUT2D eigenvalue weighted by Crippen LogP contribution is 2.23. The third kappa shape index (κ3) is 4.58. The van der Waals surface area contributed by atoms with Gasteiger partial charge >= 0.3 is 0 Å². The van der Waals surface area contributed by atoms with Crippen LogP contribution in [-0.2, 0) is 0 Å². The Hall–Kier alpha value is -1.84. The second-order valence-electron chi connectivity index (χ2n) is 5.40. The van der Waals surface area contributed by atoms with E-state index in [0.29, 0.717) is 5.88 Å². The summed E-state index contributed by atoms with van der Waals surface area (Å²) in [7, 11) is 0. The van der Waals surface area contributed by atoms with Crippen molar-refractivity contribution in [3.8, 4) is 11.6 Å². The Morgan fingerprint density at radius 3 is 2.73 bits per heavy atom. The first-order chi connectivity index (χ1) is 10.3. The fourth-order valence-electron chi connectivity index (χ4n) is 2.48. The second kappa shape index (κ2) is 7.97. The molecule has 0 unspecified atom stereocenters. The topological polar surface area (TPSA) is 34.1 Å². The molecule has 1 aliphatic rings. The van der Waals surface area contributed by atoms with Crippen molar-refractivity contribution in [1.82, 2.24) is 10.3 Å². The monoisotopic (exact) mass is 316 g/mol. The number of nitrogens with zero attached hydrogens (tertiary/aromatic N) is 1. The van der Waals surface area contributed by atoms with Crippen LogP contribution in [0.2, 0.25) is 0 Å². The summed E-state index contributed by atoms with van der Waals surface area (Å²) in [4.78, 5) is 4.23. The molecular formula is C18H21ClN2O. The van der Waals surface area contributed by atoms with Gasteiger partial charge in [0.2, 0.25) is 5.88 Å². The maximum absolute atomic E-state index is 5.84. The van der Waals surface area contributed by atoms with Gasteiger partial charge in [0.05, 0.1) is 0 Å². The number of nitrogens with one attached hydrogen (secondary N) is 1. The molecule has 0 bridgehead atoms. The Labute approximate surface area is 137 Å². The maximum atomic E-state index is 5.84. The Balaban J connectivity index is 0.00000176. The average molecular weight is 317 g/mol. The molecule has 0 spiro atoms. The summed E-state index contributed by atoms with van der Waals surface area (Å²) in [6, 6.07) is 12.1. The minimum atomic E-state index is 0. The van der Waals surface area contributed by atoms with Crippen molar-refractivity contribution < 1.29 is 4.74 Å². The van der Waals surface area contributed by atoms with Gasteiger partial charge in [-0.15, -0.1) is 12.4 Å². The van der Waals surface area contributed by atoms with Gasteiger partial charge in [-0.25, -0.2) is 4.98 Å². The number of benzene rings is 1. The highest BCUT2D eigenvalue weighted by molar-refractivity contribution is 5.85. The SMILES string of the molecule is Cc1ccnc(Oc2cccc(C=C3CCNCC3)c2)c1.Cl. The van der Waals surface area contributed by atoms with Crippen molar-refractivity contribution in [3.63, 3.8) is 0 Å². The molecule has 1 N–H and O–H groups in total. The van der Waals surface area contributed by atoms with Crippen LogP contribution in [0.15, 0.2) is 48.2 Å².